The number of benzene rings is 2. The number of ether oxygens (including phenoxy) is 5. The topological polar surface area (TPSA) is 66.4 Å². The van der Waals surface area contributed by atoms with Crippen LogP contribution in [0.2, 0.25) is 0 Å². The SMILES string of the molecule is OCC1OC2OC(c3ccccc3)OC3C1OC(c1ccccc1)OC23. The molecule has 5 rings (SSSR count). The molecule has 136 valence electrons. The van der Waals surface area contributed by atoms with E-state index in [1.165, 1.54) is 0 Å². The van der Waals surface area contributed by atoms with Crippen molar-refractivity contribution in [2.75, 3.05) is 6.61 Å². The number of hydrogen-bond donors (Lipinski definition) is 1. The summed E-state index contributed by atoms with van der Waals surface area (Å²) in [6.07, 6.45) is -3.45. The van der Waals surface area contributed by atoms with E-state index in [1.807, 2.05) is 60.7 Å². The van der Waals surface area contributed by atoms with E-state index < -0.39 is 37.2 Å². The first-order valence-electron chi connectivity index (χ1n) is 8.81. The van der Waals surface area contributed by atoms with E-state index in [1.54, 1.807) is 0 Å². The molecule has 0 amide bonds. The van der Waals surface area contributed by atoms with Crippen molar-refractivity contribution in [2.24, 2.45) is 0 Å². The minimum atomic E-state index is -0.623. The van der Waals surface area contributed by atoms with Crippen LogP contribution in [-0.4, -0.2) is 42.4 Å². The van der Waals surface area contributed by atoms with Gasteiger partial charge in [-0.3, -0.25) is 0 Å². The Balaban J connectivity index is 1.43. The molecule has 1 N–H and O–H groups in total. The van der Waals surface area contributed by atoms with Gasteiger partial charge in [-0.2, -0.15) is 0 Å². The van der Waals surface area contributed by atoms with Crippen molar-refractivity contribution in [3.05, 3.63) is 71.8 Å². The van der Waals surface area contributed by atoms with E-state index in [4.69, 9.17) is 23.7 Å². The Bertz CT molecular complexity index is 736. The molecule has 2 aromatic rings. The molecule has 7 atom stereocenters. The Morgan fingerprint density at radius 3 is 1.77 bits per heavy atom. The molecule has 26 heavy (non-hydrogen) atoms. The number of aliphatic hydroxyl groups excluding tert-OH is 1. The van der Waals surface area contributed by atoms with E-state index in [0.717, 1.165) is 11.1 Å². The van der Waals surface area contributed by atoms with Gasteiger partial charge in [-0.25, -0.2) is 0 Å². The first-order valence-corrected chi connectivity index (χ1v) is 8.81. The lowest BCUT2D eigenvalue weighted by atomic mass is 9.95. The van der Waals surface area contributed by atoms with Crippen LogP contribution in [0.1, 0.15) is 23.7 Å². The van der Waals surface area contributed by atoms with Crippen LogP contribution < -0.4 is 0 Å². The van der Waals surface area contributed by atoms with Crippen molar-refractivity contribution in [2.45, 2.75) is 43.3 Å². The normalized spacial score (nSPS) is 38.7. The molecule has 2 aromatic carbocycles. The maximum Gasteiger partial charge on any atom is 0.190 e. The summed E-state index contributed by atoms with van der Waals surface area (Å²) in [5, 5.41) is 9.74. The van der Waals surface area contributed by atoms with Crippen LogP contribution in [-0.2, 0) is 23.7 Å². The highest BCUT2D eigenvalue weighted by molar-refractivity contribution is 5.19. The van der Waals surface area contributed by atoms with Crippen LogP contribution in [0.5, 0.6) is 0 Å². The molecular formula is C20H20O6. The molecule has 0 saturated carbocycles. The van der Waals surface area contributed by atoms with Crippen molar-refractivity contribution in [3.8, 4) is 0 Å². The molecule has 6 heteroatoms. The van der Waals surface area contributed by atoms with Gasteiger partial charge in [0, 0.05) is 11.1 Å². The Labute approximate surface area is 151 Å². The van der Waals surface area contributed by atoms with Crippen molar-refractivity contribution in [1.29, 1.82) is 0 Å². The van der Waals surface area contributed by atoms with Crippen molar-refractivity contribution < 1.29 is 28.8 Å². The van der Waals surface area contributed by atoms with Gasteiger partial charge in [0.2, 0.25) is 0 Å². The van der Waals surface area contributed by atoms with Gasteiger partial charge < -0.3 is 28.8 Å². The summed E-state index contributed by atoms with van der Waals surface area (Å²) in [5.74, 6) is 0. The molecule has 0 radical (unpaired) electrons. The van der Waals surface area contributed by atoms with Gasteiger partial charge >= 0.3 is 0 Å². The molecular weight excluding hydrogens is 336 g/mol. The van der Waals surface area contributed by atoms with E-state index in [2.05, 4.69) is 0 Å². The predicted molar refractivity (Wildman–Crippen MR) is 89.8 cm³/mol. The lowest BCUT2D eigenvalue weighted by Gasteiger charge is -2.54. The second kappa shape index (κ2) is 6.74. The zero-order valence-electron chi connectivity index (χ0n) is 14.0. The minimum absolute atomic E-state index is 0.172. The third-order valence-corrected chi connectivity index (χ3v) is 5.01. The van der Waals surface area contributed by atoms with Gasteiger partial charge in [-0.1, -0.05) is 60.7 Å². The highest BCUT2D eigenvalue weighted by atomic mass is 16.8. The second-order valence-corrected chi connectivity index (χ2v) is 6.65. The summed E-state index contributed by atoms with van der Waals surface area (Å²) < 4.78 is 30.3. The van der Waals surface area contributed by atoms with E-state index in [0.29, 0.717) is 0 Å². The summed E-state index contributed by atoms with van der Waals surface area (Å²) in [4.78, 5) is 0. The molecule has 0 spiro atoms. The number of hydrogen-bond acceptors (Lipinski definition) is 6. The Kier molecular flexibility index (Phi) is 4.24. The first kappa shape index (κ1) is 16.4. The largest absolute Gasteiger partial charge is 0.394 e. The zero-order chi connectivity index (χ0) is 17.5. The third-order valence-electron chi connectivity index (χ3n) is 5.01. The highest BCUT2D eigenvalue weighted by Gasteiger charge is 2.57. The van der Waals surface area contributed by atoms with Gasteiger partial charge in [0.05, 0.1) is 6.61 Å². The summed E-state index contributed by atoms with van der Waals surface area (Å²) in [6, 6.07) is 19.4. The maximum absolute atomic E-state index is 9.74. The average Bonchev–Trinajstić information content (AvgIpc) is 2.70. The molecule has 0 aliphatic carbocycles. The average molecular weight is 356 g/mol. The summed E-state index contributed by atoms with van der Waals surface area (Å²) in [7, 11) is 0. The van der Waals surface area contributed by atoms with Crippen LogP contribution in [0.25, 0.3) is 0 Å². The highest BCUT2D eigenvalue weighted by Crippen LogP contribution is 2.45. The third kappa shape index (κ3) is 2.75. The summed E-state index contributed by atoms with van der Waals surface area (Å²) >= 11 is 0. The maximum atomic E-state index is 9.74. The quantitative estimate of drug-likeness (QED) is 0.910. The fraction of sp³-hybridized carbons (Fsp3) is 0.400. The lowest BCUT2D eigenvalue weighted by molar-refractivity contribution is -0.463. The number of rotatable bonds is 3. The molecule has 3 aliphatic heterocycles. The van der Waals surface area contributed by atoms with E-state index in [9.17, 15) is 5.11 Å². The Morgan fingerprint density at radius 2 is 1.15 bits per heavy atom. The van der Waals surface area contributed by atoms with Crippen LogP contribution in [0, 0.1) is 0 Å². The zero-order valence-corrected chi connectivity index (χ0v) is 14.0. The van der Waals surface area contributed by atoms with Crippen LogP contribution in [0.4, 0.5) is 0 Å². The molecule has 3 heterocycles. The van der Waals surface area contributed by atoms with E-state index >= 15 is 0 Å². The molecule has 3 fully saturated rings. The minimum Gasteiger partial charge on any atom is -0.394 e. The van der Waals surface area contributed by atoms with Crippen LogP contribution in [0.3, 0.4) is 0 Å². The smallest absolute Gasteiger partial charge is 0.190 e. The van der Waals surface area contributed by atoms with Crippen molar-refractivity contribution >= 4 is 0 Å². The van der Waals surface area contributed by atoms with Gasteiger partial charge in [-0.15, -0.1) is 0 Å². The van der Waals surface area contributed by atoms with Gasteiger partial charge in [-0.05, 0) is 0 Å². The first-order chi connectivity index (χ1) is 12.8. The molecule has 7 unspecified atom stereocenters. The van der Waals surface area contributed by atoms with Gasteiger partial charge in [0.15, 0.2) is 18.9 Å². The summed E-state index contributed by atoms with van der Waals surface area (Å²) in [6.45, 7) is -0.172. The van der Waals surface area contributed by atoms with Gasteiger partial charge in [0.1, 0.15) is 24.4 Å². The van der Waals surface area contributed by atoms with Crippen LogP contribution >= 0.6 is 0 Å². The fourth-order valence-electron chi connectivity index (χ4n) is 3.75. The van der Waals surface area contributed by atoms with Crippen molar-refractivity contribution in [1.82, 2.24) is 0 Å². The molecule has 3 aliphatic rings. The van der Waals surface area contributed by atoms with Crippen LogP contribution in [0.15, 0.2) is 60.7 Å². The van der Waals surface area contributed by atoms with Gasteiger partial charge in [0.25, 0.3) is 0 Å². The number of aliphatic hydroxyl groups is 1. The predicted octanol–water partition coefficient (Wildman–Crippen LogP) is 2.30. The molecule has 6 nitrogen and oxygen atoms in total. The van der Waals surface area contributed by atoms with Crippen molar-refractivity contribution in [3.63, 3.8) is 0 Å². The molecule has 3 saturated heterocycles. The Morgan fingerprint density at radius 1 is 0.615 bits per heavy atom. The standard InChI is InChI=1S/C20H20O6/c21-11-14-15-16-17(25-18(23-15)12-7-3-1-4-8-12)20(22-14)26-19(24-16)13-9-5-2-6-10-13/h1-10,14-21H,11H2. The molecule has 0 aromatic heterocycles. The fourth-order valence-corrected chi connectivity index (χ4v) is 3.75. The lowest BCUT2D eigenvalue weighted by Crippen LogP contribution is -2.67. The monoisotopic (exact) mass is 356 g/mol. The summed E-state index contributed by atoms with van der Waals surface area (Å²) in [5.41, 5.74) is 1.82. The van der Waals surface area contributed by atoms with E-state index in [-0.39, 0.29) is 12.7 Å². The molecule has 4 bridgehead atoms. The second-order valence-electron chi connectivity index (χ2n) is 6.65. The Hall–Kier alpha value is -1.80.